The van der Waals surface area contributed by atoms with Crippen LogP contribution in [0.3, 0.4) is 0 Å². The number of rotatable bonds is 4. The summed E-state index contributed by atoms with van der Waals surface area (Å²) in [5, 5.41) is 3.97. The van der Waals surface area contributed by atoms with Crippen LogP contribution in [0.1, 0.15) is 26.3 Å². The third-order valence-electron chi connectivity index (χ3n) is 2.13. The highest BCUT2D eigenvalue weighted by atomic mass is 35.5. The van der Waals surface area contributed by atoms with E-state index < -0.39 is 0 Å². The number of aldehydes is 1. The molecule has 0 aromatic heterocycles. The molecule has 88 valence electrons. The number of carbonyl (C=O) groups is 1. The Morgan fingerprint density at radius 1 is 1.44 bits per heavy atom. The molecule has 1 N–H and O–H groups in total. The SMILES string of the molecule is CC(C)(C)N[C@H](C=O)Cc1cccc(Cl)c1. The summed E-state index contributed by atoms with van der Waals surface area (Å²) in [6, 6.07) is 7.43. The summed E-state index contributed by atoms with van der Waals surface area (Å²) in [7, 11) is 0. The van der Waals surface area contributed by atoms with Crippen LogP contribution in [0, 0.1) is 0 Å². The van der Waals surface area contributed by atoms with Crippen LogP contribution in [0.25, 0.3) is 0 Å². The highest BCUT2D eigenvalue weighted by Crippen LogP contribution is 2.13. The molecule has 0 saturated carbocycles. The second-order valence-electron chi connectivity index (χ2n) is 4.97. The lowest BCUT2D eigenvalue weighted by Gasteiger charge is -2.25. The van der Waals surface area contributed by atoms with Gasteiger partial charge in [-0.15, -0.1) is 0 Å². The topological polar surface area (TPSA) is 29.1 Å². The van der Waals surface area contributed by atoms with Crippen LogP contribution < -0.4 is 5.32 Å². The second kappa shape index (κ2) is 5.46. The van der Waals surface area contributed by atoms with Gasteiger partial charge in [0.2, 0.25) is 0 Å². The van der Waals surface area contributed by atoms with Crippen molar-refractivity contribution in [1.82, 2.24) is 5.32 Å². The summed E-state index contributed by atoms with van der Waals surface area (Å²) in [4.78, 5) is 11.0. The normalized spacial score (nSPS) is 13.5. The molecule has 1 rings (SSSR count). The average Bonchev–Trinajstić information content (AvgIpc) is 2.14. The van der Waals surface area contributed by atoms with Gasteiger partial charge in [-0.1, -0.05) is 23.7 Å². The molecule has 1 aromatic rings. The minimum Gasteiger partial charge on any atom is -0.303 e. The van der Waals surface area contributed by atoms with E-state index >= 15 is 0 Å². The number of halogens is 1. The number of hydrogen-bond donors (Lipinski definition) is 1. The first-order chi connectivity index (χ1) is 7.40. The highest BCUT2D eigenvalue weighted by Gasteiger charge is 2.16. The second-order valence-corrected chi connectivity index (χ2v) is 5.41. The number of carbonyl (C=O) groups excluding carboxylic acids is 1. The van der Waals surface area contributed by atoms with Gasteiger partial charge in [-0.05, 0) is 44.9 Å². The molecular formula is C13H18ClNO. The Balaban J connectivity index is 2.67. The average molecular weight is 240 g/mol. The molecule has 16 heavy (non-hydrogen) atoms. The van der Waals surface area contributed by atoms with Gasteiger partial charge in [0.25, 0.3) is 0 Å². The summed E-state index contributed by atoms with van der Waals surface area (Å²) in [5.41, 5.74) is 1.01. The molecule has 0 amide bonds. The molecule has 0 bridgehead atoms. The van der Waals surface area contributed by atoms with Crippen LogP contribution in [0.4, 0.5) is 0 Å². The standard InChI is InChI=1S/C13H18ClNO/c1-13(2,3)15-12(9-16)8-10-5-4-6-11(14)7-10/h4-7,9,12,15H,8H2,1-3H3/t12-/m0/s1. The Morgan fingerprint density at radius 3 is 2.62 bits per heavy atom. The van der Waals surface area contributed by atoms with Gasteiger partial charge in [-0.3, -0.25) is 0 Å². The number of nitrogens with one attached hydrogen (secondary N) is 1. The zero-order valence-corrected chi connectivity index (χ0v) is 10.7. The molecule has 0 unspecified atom stereocenters. The van der Waals surface area contributed by atoms with Gasteiger partial charge in [0.15, 0.2) is 0 Å². The van der Waals surface area contributed by atoms with E-state index in [4.69, 9.17) is 11.6 Å². The van der Waals surface area contributed by atoms with E-state index in [-0.39, 0.29) is 11.6 Å². The summed E-state index contributed by atoms with van der Waals surface area (Å²) in [6.45, 7) is 6.13. The minimum absolute atomic E-state index is 0.0653. The van der Waals surface area contributed by atoms with Gasteiger partial charge in [0, 0.05) is 10.6 Å². The first-order valence-corrected chi connectivity index (χ1v) is 5.76. The van der Waals surface area contributed by atoms with E-state index in [1.165, 1.54) is 0 Å². The molecule has 0 saturated heterocycles. The van der Waals surface area contributed by atoms with Gasteiger partial charge >= 0.3 is 0 Å². The Hall–Kier alpha value is -0.860. The maximum atomic E-state index is 11.0. The quantitative estimate of drug-likeness (QED) is 0.819. The summed E-state index contributed by atoms with van der Waals surface area (Å²) in [6.07, 6.45) is 1.62. The number of hydrogen-bond acceptors (Lipinski definition) is 2. The summed E-state index contributed by atoms with van der Waals surface area (Å²) >= 11 is 5.90. The van der Waals surface area contributed by atoms with Crippen molar-refractivity contribution in [3.05, 3.63) is 34.9 Å². The first-order valence-electron chi connectivity index (χ1n) is 5.38. The Morgan fingerprint density at radius 2 is 2.12 bits per heavy atom. The highest BCUT2D eigenvalue weighted by molar-refractivity contribution is 6.30. The molecule has 0 fully saturated rings. The van der Waals surface area contributed by atoms with Crippen LogP contribution >= 0.6 is 11.6 Å². The van der Waals surface area contributed by atoms with E-state index in [0.29, 0.717) is 11.4 Å². The molecule has 0 aliphatic carbocycles. The summed E-state index contributed by atoms with van der Waals surface area (Å²) in [5.74, 6) is 0. The molecule has 0 radical (unpaired) electrons. The maximum Gasteiger partial charge on any atom is 0.137 e. The fraction of sp³-hybridized carbons (Fsp3) is 0.462. The van der Waals surface area contributed by atoms with E-state index in [2.05, 4.69) is 5.32 Å². The molecule has 0 spiro atoms. The van der Waals surface area contributed by atoms with Crippen LogP contribution in [-0.4, -0.2) is 17.9 Å². The lowest BCUT2D eigenvalue weighted by Crippen LogP contribution is -2.45. The Bertz CT molecular complexity index is 357. The van der Waals surface area contributed by atoms with Crippen molar-refractivity contribution in [2.75, 3.05) is 0 Å². The summed E-state index contributed by atoms with van der Waals surface area (Å²) < 4.78 is 0. The maximum absolute atomic E-state index is 11.0. The van der Waals surface area contributed by atoms with Crippen LogP contribution in [0.2, 0.25) is 5.02 Å². The van der Waals surface area contributed by atoms with Crippen LogP contribution in [0.5, 0.6) is 0 Å². The van der Waals surface area contributed by atoms with Crippen molar-refractivity contribution in [1.29, 1.82) is 0 Å². The third-order valence-corrected chi connectivity index (χ3v) is 2.36. The zero-order chi connectivity index (χ0) is 12.2. The van der Waals surface area contributed by atoms with E-state index in [0.717, 1.165) is 11.8 Å². The molecule has 0 heterocycles. The van der Waals surface area contributed by atoms with Crippen molar-refractivity contribution in [3.8, 4) is 0 Å². The van der Waals surface area contributed by atoms with E-state index in [9.17, 15) is 4.79 Å². The molecule has 3 heteroatoms. The van der Waals surface area contributed by atoms with Crippen molar-refractivity contribution in [3.63, 3.8) is 0 Å². The van der Waals surface area contributed by atoms with Crippen LogP contribution in [-0.2, 0) is 11.2 Å². The fourth-order valence-corrected chi connectivity index (χ4v) is 1.82. The van der Waals surface area contributed by atoms with E-state index in [1.807, 2.05) is 45.0 Å². The molecule has 2 nitrogen and oxygen atoms in total. The Kier molecular flexibility index (Phi) is 4.51. The van der Waals surface area contributed by atoms with Gasteiger partial charge in [-0.25, -0.2) is 0 Å². The predicted molar refractivity (Wildman–Crippen MR) is 67.9 cm³/mol. The molecule has 0 aliphatic rings. The largest absolute Gasteiger partial charge is 0.303 e. The van der Waals surface area contributed by atoms with Gasteiger partial charge < -0.3 is 10.1 Å². The third kappa shape index (κ3) is 4.77. The monoisotopic (exact) mass is 239 g/mol. The van der Waals surface area contributed by atoms with Crippen LogP contribution in [0.15, 0.2) is 24.3 Å². The first kappa shape index (κ1) is 13.2. The zero-order valence-electron chi connectivity index (χ0n) is 9.96. The fourth-order valence-electron chi connectivity index (χ4n) is 1.61. The molecule has 1 atom stereocenters. The van der Waals surface area contributed by atoms with Crippen molar-refractivity contribution < 1.29 is 4.79 Å². The lowest BCUT2D eigenvalue weighted by atomic mass is 10.0. The van der Waals surface area contributed by atoms with Gasteiger partial charge in [-0.2, -0.15) is 0 Å². The molecule has 1 aromatic carbocycles. The van der Waals surface area contributed by atoms with Crippen molar-refractivity contribution in [2.24, 2.45) is 0 Å². The van der Waals surface area contributed by atoms with Gasteiger partial charge in [0.1, 0.15) is 6.29 Å². The minimum atomic E-state index is -0.168. The van der Waals surface area contributed by atoms with Crippen molar-refractivity contribution in [2.45, 2.75) is 38.8 Å². The lowest BCUT2D eigenvalue weighted by molar-refractivity contribution is -0.110. The van der Waals surface area contributed by atoms with Crippen molar-refractivity contribution >= 4 is 17.9 Å². The van der Waals surface area contributed by atoms with Gasteiger partial charge in [0.05, 0.1) is 6.04 Å². The number of benzene rings is 1. The van der Waals surface area contributed by atoms with E-state index in [1.54, 1.807) is 0 Å². The smallest absolute Gasteiger partial charge is 0.137 e. The Labute approximate surface area is 102 Å². The molecule has 0 aliphatic heterocycles. The predicted octanol–water partition coefficient (Wildman–Crippen LogP) is 2.84. The molecular weight excluding hydrogens is 222 g/mol.